The van der Waals surface area contributed by atoms with Gasteiger partial charge in [-0.05, 0) is 39.0 Å². The van der Waals surface area contributed by atoms with E-state index in [4.69, 9.17) is 10.00 Å². The normalized spacial score (nSPS) is 11.3. The van der Waals surface area contributed by atoms with Gasteiger partial charge in [-0.15, -0.1) is 0 Å². The fourth-order valence-corrected chi connectivity index (χ4v) is 1.75. The van der Waals surface area contributed by atoms with E-state index in [1.54, 1.807) is 20.8 Å². The van der Waals surface area contributed by atoms with Crippen molar-refractivity contribution in [3.8, 4) is 6.07 Å². The molecule has 1 aromatic carbocycles. The Bertz CT molecular complexity index is 690. The molecule has 0 radical (unpaired) electrons. The first kappa shape index (κ1) is 13.1. The van der Waals surface area contributed by atoms with Gasteiger partial charge in [0, 0.05) is 11.6 Å². The summed E-state index contributed by atoms with van der Waals surface area (Å²) in [4.78, 5) is 12.0. The molecule has 0 amide bonds. The standard InChI is InChI=1S/C14H13FN2O2/c1-14(2,3)19-13(18)17-8-9(7-16)11-5-4-10(15)6-12(11)17/h4-6,8H,1-3H3. The number of rotatable bonds is 0. The third-order valence-electron chi connectivity index (χ3n) is 2.48. The molecule has 0 saturated carbocycles. The average molecular weight is 260 g/mol. The minimum atomic E-state index is -0.659. The number of nitriles is 1. The Kier molecular flexibility index (Phi) is 3.03. The van der Waals surface area contributed by atoms with Crippen molar-refractivity contribution in [2.75, 3.05) is 0 Å². The summed E-state index contributed by atoms with van der Waals surface area (Å²) in [7, 11) is 0. The van der Waals surface area contributed by atoms with Crippen LogP contribution in [0, 0.1) is 17.1 Å². The summed E-state index contributed by atoms with van der Waals surface area (Å²) in [5, 5.41) is 9.55. The van der Waals surface area contributed by atoms with E-state index >= 15 is 0 Å². The third-order valence-corrected chi connectivity index (χ3v) is 2.48. The van der Waals surface area contributed by atoms with Gasteiger partial charge in [0.15, 0.2) is 0 Å². The fraction of sp³-hybridized carbons (Fsp3) is 0.286. The minimum absolute atomic E-state index is 0.306. The molecule has 1 heterocycles. The maximum atomic E-state index is 13.3. The summed E-state index contributed by atoms with van der Waals surface area (Å²) in [6, 6.07) is 5.91. The Labute approximate surface area is 110 Å². The van der Waals surface area contributed by atoms with Gasteiger partial charge >= 0.3 is 6.09 Å². The number of nitrogens with zero attached hydrogens (tertiary/aromatic N) is 2. The largest absolute Gasteiger partial charge is 0.443 e. The molecule has 2 aromatic rings. The summed E-state index contributed by atoms with van der Waals surface area (Å²) in [5.74, 6) is -0.472. The van der Waals surface area contributed by atoms with E-state index in [1.165, 1.54) is 24.4 Å². The number of benzene rings is 1. The zero-order valence-corrected chi connectivity index (χ0v) is 10.9. The Morgan fingerprint density at radius 3 is 2.68 bits per heavy atom. The van der Waals surface area contributed by atoms with Crippen molar-refractivity contribution in [3.63, 3.8) is 0 Å². The molecule has 19 heavy (non-hydrogen) atoms. The fourth-order valence-electron chi connectivity index (χ4n) is 1.75. The first-order chi connectivity index (χ1) is 8.81. The molecular weight excluding hydrogens is 247 g/mol. The zero-order chi connectivity index (χ0) is 14.2. The van der Waals surface area contributed by atoms with Crippen LogP contribution in [0.4, 0.5) is 9.18 Å². The lowest BCUT2D eigenvalue weighted by Gasteiger charge is -2.19. The molecule has 0 fully saturated rings. The van der Waals surface area contributed by atoms with Crippen molar-refractivity contribution in [2.45, 2.75) is 26.4 Å². The van der Waals surface area contributed by atoms with E-state index < -0.39 is 17.5 Å². The molecule has 0 saturated heterocycles. The predicted octanol–water partition coefficient (Wildman–Crippen LogP) is 3.44. The van der Waals surface area contributed by atoms with Crippen molar-refractivity contribution < 1.29 is 13.9 Å². The highest BCUT2D eigenvalue weighted by Gasteiger charge is 2.20. The van der Waals surface area contributed by atoms with Crippen LogP contribution < -0.4 is 0 Å². The molecule has 5 heteroatoms. The first-order valence-electron chi connectivity index (χ1n) is 5.76. The Morgan fingerprint density at radius 2 is 2.11 bits per heavy atom. The van der Waals surface area contributed by atoms with E-state index in [-0.39, 0.29) is 0 Å². The van der Waals surface area contributed by atoms with Gasteiger partial charge in [0.1, 0.15) is 17.5 Å². The lowest BCUT2D eigenvalue weighted by Crippen LogP contribution is -2.26. The first-order valence-corrected chi connectivity index (χ1v) is 5.76. The van der Waals surface area contributed by atoms with E-state index in [1.807, 2.05) is 6.07 Å². The molecule has 1 aromatic heterocycles. The van der Waals surface area contributed by atoms with E-state index in [0.29, 0.717) is 16.5 Å². The SMILES string of the molecule is CC(C)(C)OC(=O)n1cc(C#N)c2ccc(F)cc21. The van der Waals surface area contributed by atoms with E-state index in [0.717, 1.165) is 4.57 Å². The van der Waals surface area contributed by atoms with E-state index in [2.05, 4.69) is 0 Å². The van der Waals surface area contributed by atoms with Crippen LogP contribution in [0.5, 0.6) is 0 Å². The minimum Gasteiger partial charge on any atom is -0.443 e. The van der Waals surface area contributed by atoms with Gasteiger partial charge in [-0.2, -0.15) is 5.26 Å². The van der Waals surface area contributed by atoms with Crippen LogP contribution in [-0.2, 0) is 4.74 Å². The quantitative estimate of drug-likeness (QED) is 0.729. The van der Waals surface area contributed by atoms with Gasteiger partial charge in [0.05, 0.1) is 11.1 Å². The number of aromatic nitrogens is 1. The Morgan fingerprint density at radius 1 is 1.42 bits per heavy atom. The number of fused-ring (bicyclic) bond motifs is 1. The maximum Gasteiger partial charge on any atom is 0.419 e. The van der Waals surface area contributed by atoms with Crippen LogP contribution in [0.25, 0.3) is 10.9 Å². The number of carbonyl (C=O) groups excluding carboxylic acids is 1. The van der Waals surface area contributed by atoms with Crippen molar-refractivity contribution in [1.29, 1.82) is 5.26 Å². The average Bonchev–Trinajstić information content (AvgIpc) is 2.64. The summed E-state index contributed by atoms with van der Waals surface area (Å²) < 4.78 is 19.7. The molecular formula is C14H13FN2O2. The smallest absolute Gasteiger partial charge is 0.419 e. The summed E-state index contributed by atoms with van der Waals surface area (Å²) in [6.07, 6.45) is 0.725. The lowest BCUT2D eigenvalue weighted by molar-refractivity contribution is 0.0544. The highest BCUT2D eigenvalue weighted by molar-refractivity contribution is 5.93. The molecule has 0 aliphatic carbocycles. The topological polar surface area (TPSA) is 55.0 Å². The highest BCUT2D eigenvalue weighted by atomic mass is 19.1. The molecule has 0 unspecified atom stereocenters. The number of halogens is 1. The zero-order valence-electron chi connectivity index (χ0n) is 10.9. The molecule has 2 rings (SSSR count). The van der Waals surface area contributed by atoms with Crippen LogP contribution in [0.2, 0.25) is 0 Å². The highest BCUT2D eigenvalue weighted by Crippen LogP contribution is 2.23. The van der Waals surface area contributed by atoms with Crippen LogP contribution in [0.3, 0.4) is 0 Å². The van der Waals surface area contributed by atoms with Crippen molar-refractivity contribution in [3.05, 3.63) is 35.8 Å². The van der Waals surface area contributed by atoms with Crippen LogP contribution in [0.1, 0.15) is 26.3 Å². The predicted molar refractivity (Wildman–Crippen MR) is 68.2 cm³/mol. The molecule has 98 valence electrons. The Hall–Kier alpha value is -2.35. The second-order valence-corrected chi connectivity index (χ2v) is 5.17. The maximum absolute atomic E-state index is 13.3. The molecule has 0 bridgehead atoms. The van der Waals surface area contributed by atoms with Gasteiger partial charge in [-0.3, -0.25) is 4.57 Å². The number of hydrogen-bond donors (Lipinski definition) is 0. The van der Waals surface area contributed by atoms with Gasteiger partial charge in [-0.1, -0.05) is 0 Å². The summed E-state index contributed by atoms with van der Waals surface area (Å²) >= 11 is 0. The van der Waals surface area contributed by atoms with Crippen LogP contribution >= 0.6 is 0 Å². The Balaban J connectivity index is 2.58. The van der Waals surface area contributed by atoms with Crippen molar-refractivity contribution >= 4 is 17.0 Å². The molecule has 0 atom stereocenters. The van der Waals surface area contributed by atoms with Crippen molar-refractivity contribution in [2.24, 2.45) is 0 Å². The molecule has 4 nitrogen and oxygen atoms in total. The number of carbonyl (C=O) groups is 1. The molecule has 0 aliphatic heterocycles. The second-order valence-electron chi connectivity index (χ2n) is 5.17. The second kappa shape index (κ2) is 4.39. The third kappa shape index (κ3) is 2.58. The van der Waals surface area contributed by atoms with Gasteiger partial charge in [0.2, 0.25) is 0 Å². The number of hydrogen-bond acceptors (Lipinski definition) is 3. The summed E-state index contributed by atoms with van der Waals surface area (Å²) in [6.45, 7) is 5.22. The van der Waals surface area contributed by atoms with Gasteiger partial charge in [-0.25, -0.2) is 9.18 Å². The summed E-state index contributed by atoms with van der Waals surface area (Å²) in [5.41, 5.74) is -0.0278. The molecule has 0 N–H and O–H groups in total. The van der Waals surface area contributed by atoms with E-state index in [9.17, 15) is 9.18 Å². The molecule has 0 aliphatic rings. The van der Waals surface area contributed by atoms with Crippen LogP contribution in [-0.4, -0.2) is 16.3 Å². The molecule has 0 spiro atoms. The number of ether oxygens (including phenoxy) is 1. The van der Waals surface area contributed by atoms with Crippen LogP contribution in [0.15, 0.2) is 24.4 Å². The monoisotopic (exact) mass is 260 g/mol. The van der Waals surface area contributed by atoms with Gasteiger partial charge < -0.3 is 4.74 Å². The lowest BCUT2D eigenvalue weighted by atomic mass is 10.2. The van der Waals surface area contributed by atoms with Crippen molar-refractivity contribution in [1.82, 2.24) is 4.57 Å². The van der Waals surface area contributed by atoms with Gasteiger partial charge in [0.25, 0.3) is 0 Å².